The summed E-state index contributed by atoms with van der Waals surface area (Å²) in [5.74, 6) is -0.174. The maximum Gasteiger partial charge on any atom is 0.254 e. The Balaban J connectivity index is 2.01. The Bertz CT molecular complexity index is 1200. The number of nitrogens with zero attached hydrogens (tertiary/aromatic N) is 5. The number of aromatic nitrogens is 2. The molecular formula is C23H21BrN6O. The second-order valence-electron chi connectivity index (χ2n) is 7.24. The SMILES string of the molecule is CCC(C(C)C#N)N(Cc1ccc(C#N)cn1)C(=O)c1ccc2nc(N)c(Br)cc2c1. The van der Waals surface area contributed by atoms with E-state index in [4.69, 9.17) is 11.0 Å². The molecule has 0 aliphatic carbocycles. The Morgan fingerprint density at radius 1 is 1.26 bits per heavy atom. The van der Waals surface area contributed by atoms with Crippen molar-refractivity contribution >= 4 is 38.6 Å². The molecule has 0 saturated heterocycles. The van der Waals surface area contributed by atoms with Crippen LogP contribution in [0.5, 0.6) is 0 Å². The third kappa shape index (κ3) is 4.82. The van der Waals surface area contributed by atoms with E-state index in [1.54, 1.807) is 35.2 Å². The summed E-state index contributed by atoms with van der Waals surface area (Å²) >= 11 is 3.38. The van der Waals surface area contributed by atoms with Crippen molar-refractivity contribution in [2.75, 3.05) is 5.73 Å². The van der Waals surface area contributed by atoms with Crippen LogP contribution in [0.2, 0.25) is 0 Å². The maximum absolute atomic E-state index is 13.6. The minimum atomic E-state index is -0.358. The quantitative estimate of drug-likeness (QED) is 0.561. The van der Waals surface area contributed by atoms with Crippen molar-refractivity contribution in [2.24, 2.45) is 5.92 Å². The van der Waals surface area contributed by atoms with Gasteiger partial charge in [0.05, 0.1) is 39.8 Å². The van der Waals surface area contributed by atoms with Crippen molar-refractivity contribution in [1.29, 1.82) is 10.5 Å². The number of carbonyl (C=O) groups excluding carboxylic acids is 1. The number of pyridine rings is 2. The average molecular weight is 477 g/mol. The van der Waals surface area contributed by atoms with Gasteiger partial charge in [-0.1, -0.05) is 6.92 Å². The van der Waals surface area contributed by atoms with Gasteiger partial charge in [-0.3, -0.25) is 9.78 Å². The number of halogens is 1. The van der Waals surface area contributed by atoms with Gasteiger partial charge in [-0.25, -0.2) is 4.98 Å². The summed E-state index contributed by atoms with van der Waals surface area (Å²) in [6.45, 7) is 4.00. The fourth-order valence-corrected chi connectivity index (χ4v) is 3.83. The predicted octanol–water partition coefficient (Wildman–Crippen LogP) is 4.43. The molecule has 1 amide bonds. The fraction of sp³-hybridized carbons (Fsp3) is 0.261. The predicted molar refractivity (Wildman–Crippen MR) is 122 cm³/mol. The Hall–Kier alpha value is -3.49. The second kappa shape index (κ2) is 9.55. The minimum Gasteiger partial charge on any atom is -0.383 e. The highest BCUT2D eigenvalue weighted by molar-refractivity contribution is 9.10. The van der Waals surface area contributed by atoms with Crippen LogP contribution < -0.4 is 5.73 Å². The largest absolute Gasteiger partial charge is 0.383 e. The zero-order valence-corrected chi connectivity index (χ0v) is 18.8. The summed E-state index contributed by atoms with van der Waals surface area (Å²) < 4.78 is 0.660. The molecule has 8 heteroatoms. The van der Waals surface area contributed by atoms with Gasteiger partial charge in [0.2, 0.25) is 0 Å². The third-order valence-corrected chi connectivity index (χ3v) is 5.82. The first-order valence-corrected chi connectivity index (χ1v) is 10.6. The zero-order chi connectivity index (χ0) is 22.5. The fourth-order valence-electron chi connectivity index (χ4n) is 3.49. The van der Waals surface area contributed by atoms with E-state index in [0.717, 1.165) is 5.39 Å². The molecule has 0 fully saturated rings. The molecule has 2 N–H and O–H groups in total. The summed E-state index contributed by atoms with van der Waals surface area (Å²) in [5.41, 5.74) is 8.13. The van der Waals surface area contributed by atoms with Gasteiger partial charge in [-0.05, 0) is 65.7 Å². The van der Waals surface area contributed by atoms with Crippen molar-refractivity contribution in [1.82, 2.24) is 14.9 Å². The third-order valence-electron chi connectivity index (χ3n) is 5.19. The van der Waals surface area contributed by atoms with Crippen LogP contribution in [-0.2, 0) is 6.54 Å². The molecule has 0 radical (unpaired) electrons. The standard InChI is InChI=1S/C23H21BrN6O/c1-3-21(14(2)10-25)30(13-18-6-4-15(11-26)12-28-18)23(31)16-5-7-20-17(8-16)9-19(24)22(27)29-20/h4-9,12,14,21H,3,13H2,1-2H3,(H2,27,29). The molecule has 3 rings (SSSR count). The number of anilines is 1. The molecule has 31 heavy (non-hydrogen) atoms. The number of nitrogens with two attached hydrogens (primary N) is 1. The van der Waals surface area contributed by atoms with Crippen LogP contribution in [0.3, 0.4) is 0 Å². The average Bonchev–Trinajstić information content (AvgIpc) is 2.79. The van der Waals surface area contributed by atoms with Gasteiger partial charge >= 0.3 is 0 Å². The molecular weight excluding hydrogens is 456 g/mol. The summed E-state index contributed by atoms with van der Waals surface area (Å²) in [7, 11) is 0. The van der Waals surface area contributed by atoms with E-state index in [9.17, 15) is 10.1 Å². The number of nitriles is 2. The van der Waals surface area contributed by atoms with Gasteiger partial charge in [-0.15, -0.1) is 0 Å². The van der Waals surface area contributed by atoms with E-state index >= 15 is 0 Å². The highest BCUT2D eigenvalue weighted by Gasteiger charge is 2.28. The monoisotopic (exact) mass is 476 g/mol. The Morgan fingerprint density at radius 2 is 2.03 bits per heavy atom. The van der Waals surface area contributed by atoms with Gasteiger partial charge in [0.15, 0.2) is 0 Å². The number of carbonyl (C=O) groups is 1. The molecule has 2 atom stereocenters. The van der Waals surface area contributed by atoms with Crippen molar-refractivity contribution in [3.63, 3.8) is 0 Å². The zero-order valence-electron chi connectivity index (χ0n) is 17.2. The molecule has 2 heterocycles. The normalized spacial score (nSPS) is 12.5. The first kappa shape index (κ1) is 22.2. The lowest BCUT2D eigenvalue weighted by molar-refractivity contribution is 0.0614. The topological polar surface area (TPSA) is 120 Å². The summed E-state index contributed by atoms with van der Waals surface area (Å²) in [5, 5.41) is 19.3. The van der Waals surface area contributed by atoms with Gasteiger partial charge in [-0.2, -0.15) is 10.5 Å². The van der Waals surface area contributed by atoms with Gasteiger partial charge in [0, 0.05) is 23.2 Å². The van der Waals surface area contributed by atoms with Crippen LogP contribution >= 0.6 is 15.9 Å². The van der Waals surface area contributed by atoms with Crippen molar-refractivity contribution in [2.45, 2.75) is 32.9 Å². The number of fused-ring (bicyclic) bond motifs is 1. The molecule has 2 unspecified atom stereocenters. The van der Waals surface area contributed by atoms with Crippen LogP contribution in [0.15, 0.2) is 47.1 Å². The molecule has 156 valence electrons. The van der Waals surface area contributed by atoms with Crippen LogP contribution in [-0.4, -0.2) is 26.8 Å². The first-order chi connectivity index (χ1) is 14.9. The highest BCUT2D eigenvalue weighted by Crippen LogP contribution is 2.26. The molecule has 1 aromatic carbocycles. The molecule has 3 aromatic rings. The number of nitrogen functional groups attached to an aromatic ring is 1. The van der Waals surface area contributed by atoms with E-state index in [1.807, 2.05) is 26.0 Å². The lowest BCUT2D eigenvalue weighted by Crippen LogP contribution is -2.43. The van der Waals surface area contributed by atoms with Crippen molar-refractivity contribution < 1.29 is 4.79 Å². The maximum atomic E-state index is 13.6. The Kier molecular flexibility index (Phi) is 6.84. The molecule has 7 nitrogen and oxygen atoms in total. The first-order valence-electron chi connectivity index (χ1n) is 9.79. The molecule has 0 aliphatic heterocycles. The number of rotatable bonds is 6. The summed E-state index contributed by atoms with van der Waals surface area (Å²) in [6.07, 6.45) is 2.10. The lowest BCUT2D eigenvalue weighted by atomic mass is 9.97. The summed E-state index contributed by atoms with van der Waals surface area (Å²) in [6, 6.07) is 14.5. The molecule has 0 spiro atoms. The molecule has 0 bridgehead atoms. The van der Waals surface area contributed by atoms with E-state index in [-0.39, 0.29) is 24.4 Å². The van der Waals surface area contributed by atoms with Crippen LogP contribution in [0.4, 0.5) is 5.82 Å². The van der Waals surface area contributed by atoms with Crippen molar-refractivity contribution in [3.05, 3.63) is 63.9 Å². The van der Waals surface area contributed by atoms with Gasteiger partial charge in [0.1, 0.15) is 11.9 Å². The van der Waals surface area contributed by atoms with E-state index < -0.39 is 0 Å². The molecule has 0 saturated carbocycles. The molecule has 0 aliphatic rings. The second-order valence-corrected chi connectivity index (χ2v) is 8.09. The van der Waals surface area contributed by atoms with Gasteiger partial charge < -0.3 is 10.6 Å². The Labute approximate surface area is 189 Å². The number of amides is 1. The molecule has 2 aromatic heterocycles. The van der Waals surface area contributed by atoms with Crippen molar-refractivity contribution in [3.8, 4) is 12.1 Å². The smallest absolute Gasteiger partial charge is 0.254 e. The number of hydrogen-bond donors (Lipinski definition) is 1. The van der Waals surface area contributed by atoms with E-state index in [0.29, 0.717) is 39.0 Å². The van der Waals surface area contributed by atoms with Crippen LogP contribution in [0.25, 0.3) is 10.9 Å². The van der Waals surface area contributed by atoms with E-state index in [1.165, 1.54) is 6.20 Å². The number of hydrogen-bond acceptors (Lipinski definition) is 6. The Morgan fingerprint density at radius 3 is 2.65 bits per heavy atom. The van der Waals surface area contributed by atoms with Crippen LogP contribution in [0, 0.1) is 28.6 Å². The highest BCUT2D eigenvalue weighted by atomic mass is 79.9. The number of benzene rings is 1. The van der Waals surface area contributed by atoms with Crippen LogP contribution in [0.1, 0.15) is 41.9 Å². The lowest BCUT2D eigenvalue weighted by Gasteiger charge is -2.33. The minimum absolute atomic E-state index is 0.199. The van der Waals surface area contributed by atoms with E-state index in [2.05, 4.69) is 32.0 Å². The van der Waals surface area contributed by atoms with Gasteiger partial charge in [0.25, 0.3) is 5.91 Å². The summed E-state index contributed by atoms with van der Waals surface area (Å²) in [4.78, 5) is 23.9.